The largest absolute Gasteiger partial charge is 0.382 e. The zero-order valence-corrected chi connectivity index (χ0v) is 15.6. The highest BCUT2D eigenvalue weighted by molar-refractivity contribution is 7.11. The number of hydrogen-bond acceptors (Lipinski definition) is 5. The third-order valence-corrected chi connectivity index (χ3v) is 4.27. The van der Waals surface area contributed by atoms with Crippen LogP contribution in [0.25, 0.3) is 0 Å². The molecule has 0 aliphatic carbocycles. The van der Waals surface area contributed by atoms with Crippen molar-refractivity contribution in [2.75, 3.05) is 46.6 Å². The molecule has 1 heterocycles. The van der Waals surface area contributed by atoms with E-state index in [1.165, 1.54) is 4.88 Å². The minimum Gasteiger partial charge on any atom is -0.382 e. The fourth-order valence-electron chi connectivity index (χ4n) is 2.04. The van der Waals surface area contributed by atoms with Crippen LogP contribution in [0.1, 0.15) is 28.9 Å². The molecule has 0 aliphatic rings. The van der Waals surface area contributed by atoms with Crippen molar-refractivity contribution in [3.63, 3.8) is 0 Å². The zero-order chi connectivity index (χ0) is 16.9. The normalized spacial score (nSPS) is 11.7. The summed E-state index contributed by atoms with van der Waals surface area (Å²) in [6.45, 7) is 10.7. The maximum Gasteiger partial charge on any atom is 0.191 e. The highest BCUT2D eigenvalue weighted by Gasteiger charge is 2.05. The Morgan fingerprint density at radius 2 is 2.04 bits per heavy atom. The van der Waals surface area contributed by atoms with E-state index in [2.05, 4.69) is 41.4 Å². The van der Waals surface area contributed by atoms with Gasteiger partial charge < -0.3 is 20.1 Å². The first-order chi connectivity index (χ1) is 11.2. The van der Waals surface area contributed by atoms with Crippen LogP contribution in [0.4, 0.5) is 0 Å². The monoisotopic (exact) mass is 342 g/mol. The molecule has 0 spiro atoms. The van der Waals surface area contributed by atoms with Crippen molar-refractivity contribution in [3.05, 3.63) is 15.6 Å². The molecule has 0 fully saturated rings. The molecule has 23 heavy (non-hydrogen) atoms. The van der Waals surface area contributed by atoms with E-state index in [4.69, 9.17) is 9.47 Å². The Balaban J connectivity index is 2.25. The first-order valence-corrected chi connectivity index (χ1v) is 9.00. The first kappa shape index (κ1) is 19.9. The smallest absolute Gasteiger partial charge is 0.191 e. The summed E-state index contributed by atoms with van der Waals surface area (Å²) in [5.74, 6) is 0.864. The average molecular weight is 343 g/mol. The van der Waals surface area contributed by atoms with Gasteiger partial charge >= 0.3 is 0 Å². The second-order valence-corrected chi connectivity index (χ2v) is 6.43. The predicted octanol–water partition coefficient (Wildman–Crippen LogP) is 1.91. The van der Waals surface area contributed by atoms with Gasteiger partial charge in [-0.15, -0.1) is 11.3 Å². The third kappa shape index (κ3) is 8.88. The molecule has 1 aromatic rings. The molecule has 0 saturated heterocycles. The Kier molecular flexibility index (Phi) is 10.6. The van der Waals surface area contributed by atoms with Crippen LogP contribution in [0, 0.1) is 13.8 Å². The lowest BCUT2D eigenvalue weighted by molar-refractivity contribution is 0.0702. The number of aryl methyl sites for hydroxylation is 2. The van der Waals surface area contributed by atoms with Crippen LogP contribution >= 0.6 is 11.3 Å². The van der Waals surface area contributed by atoms with Gasteiger partial charge in [-0.3, -0.25) is 4.99 Å². The quantitative estimate of drug-likeness (QED) is 0.365. The molecule has 0 amide bonds. The maximum atomic E-state index is 5.43. The molecule has 0 bridgehead atoms. The summed E-state index contributed by atoms with van der Waals surface area (Å²) < 4.78 is 10.4. The van der Waals surface area contributed by atoms with Gasteiger partial charge in [0.25, 0.3) is 0 Å². The Hall–Kier alpha value is -1.18. The van der Waals surface area contributed by atoms with Crippen molar-refractivity contribution in [1.82, 2.24) is 15.6 Å². The number of aliphatic imine (C=N–C) groups is 1. The van der Waals surface area contributed by atoms with E-state index >= 15 is 0 Å². The third-order valence-electron chi connectivity index (χ3n) is 3.14. The lowest BCUT2D eigenvalue weighted by Gasteiger charge is -2.11. The fraction of sp³-hybridized carbons (Fsp3) is 0.750. The fourth-order valence-corrected chi connectivity index (χ4v) is 2.98. The van der Waals surface area contributed by atoms with Gasteiger partial charge in [0.2, 0.25) is 0 Å². The van der Waals surface area contributed by atoms with E-state index in [1.54, 1.807) is 18.4 Å². The molecule has 1 rings (SSSR count). The maximum absolute atomic E-state index is 5.43. The summed E-state index contributed by atoms with van der Waals surface area (Å²) in [6.07, 6.45) is 1.88. The van der Waals surface area contributed by atoms with E-state index in [1.807, 2.05) is 0 Å². The molecule has 1 aromatic heterocycles. The van der Waals surface area contributed by atoms with Gasteiger partial charge in [0.15, 0.2) is 5.96 Å². The molecule has 0 unspecified atom stereocenters. The molecular formula is C16H30N4O2S. The number of methoxy groups -OCH3 is 1. The molecule has 0 aliphatic heterocycles. The summed E-state index contributed by atoms with van der Waals surface area (Å²) in [6, 6.07) is 0. The molecule has 6 nitrogen and oxygen atoms in total. The van der Waals surface area contributed by atoms with Crippen LogP contribution in [0.3, 0.4) is 0 Å². The second-order valence-electron chi connectivity index (χ2n) is 5.14. The van der Waals surface area contributed by atoms with Crippen molar-refractivity contribution in [2.45, 2.75) is 33.6 Å². The summed E-state index contributed by atoms with van der Waals surface area (Å²) in [5.41, 5.74) is 1.14. The number of hydrogen-bond donors (Lipinski definition) is 2. The highest BCUT2D eigenvalue weighted by Crippen LogP contribution is 2.16. The van der Waals surface area contributed by atoms with Crippen LogP contribution in [-0.2, 0) is 15.9 Å². The second kappa shape index (κ2) is 12.3. The van der Waals surface area contributed by atoms with Crippen molar-refractivity contribution in [3.8, 4) is 0 Å². The molecular weight excluding hydrogens is 312 g/mol. The summed E-state index contributed by atoms with van der Waals surface area (Å²) in [7, 11) is 1.68. The van der Waals surface area contributed by atoms with Crippen molar-refractivity contribution in [2.24, 2.45) is 4.99 Å². The lowest BCUT2D eigenvalue weighted by Crippen LogP contribution is -2.38. The number of nitrogens with one attached hydrogen (secondary N) is 2. The number of ether oxygens (including phenoxy) is 2. The van der Waals surface area contributed by atoms with Crippen molar-refractivity contribution >= 4 is 17.3 Å². The molecule has 132 valence electrons. The van der Waals surface area contributed by atoms with Gasteiger partial charge in [-0.25, -0.2) is 4.98 Å². The standard InChI is InChI=1S/C16H30N4O2S/c1-5-17-16(18-8-6-10-22-12-11-21-4)19-9-7-15-13(2)20-14(3)23-15/h5-12H2,1-4H3,(H2,17,18,19). The minimum absolute atomic E-state index is 0.643. The number of rotatable bonds is 11. The van der Waals surface area contributed by atoms with Crippen LogP contribution in [-0.4, -0.2) is 57.5 Å². The van der Waals surface area contributed by atoms with Gasteiger partial charge in [0, 0.05) is 44.6 Å². The number of thiazole rings is 1. The minimum atomic E-state index is 0.643. The van der Waals surface area contributed by atoms with Gasteiger partial charge in [-0.05, 0) is 27.2 Å². The Labute approximate surface area is 143 Å². The van der Waals surface area contributed by atoms with E-state index < -0.39 is 0 Å². The number of guanidine groups is 1. The van der Waals surface area contributed by atoms with Gasteiger partial charge in [0.05, 0.1) is 23.9 Å². The molecule has 0 saturated carbocycles. The van der Waals surface area contributed by atoms with Gasteiger partial charge in [-0.1, -0.05) is 0 Å². The lowest BCUT2D eigenvalue weighted by atomic mass is 10.3. The van der Waals surface area contributed by atoms with E-state index in [-0.39, 0.29) is 0 Å². The van der Waals surface area contributed by atoms with Crippen LogP contribution < -0.4 is 10.6 Å². The Morgan fingerprint density at radius 1 is 1.22 bits per heavy atom. The molecule has 7 heteroatoms. The Morgan fingerprint density at radius 3 is 2.70 bits per heavy atom. The van der Waals surface area contributed by atoms with Crippen molar-refractivity contribution in [1.29, 1.82) is 0 Å². The van der Waals surface area contributed by atoms with E-state index in [0.717, 1.165) is 49.1 Å². The topological polar surface area (TPSA) is 67.8 Å². The molecule has 0 atom stereocenters. The van der Waals surface area contributed by atoms with E-state index in [0.29, 0.717) is 19.8 Å². The van der Waals surface area contributed by atoms with Crippen LogP contribution in [0.15, 0.2) is 4.99 Å². The molecule has 0 aromatic carbocycles. The van der Waals surface area contributed by atoms with Crippen LogP contribution in [0.2, 0.25) is 0 Å². The number of nitrogens with zero attached hydrogens (tertiary/aromatic N) is 2. The Bertz CT molecular complexity index is 463. The van der Waals surface area contributed by atoms with Gasteiger partial charge in [-0.2, -0.15) is 0 Å². The molecule has 2 N–H and O–H groups in total. The van der Waals surface area contributed by atoms with E-state index in [9.17, 15) is 0 Å². The van der Waals surface area contributed by atoms with Crippen LogP contribution in [0.5, 0.6) is 0 Å². The molecule has 0 radical (unpaired) electrons. The predicted molar refractivity (Wildman–Crippen MR) is 96.6 cm³/mol. The highest BCUT2D eigenvalue weighted by atomic mass is 32.1. The SMILES string of the molecule is CCNC(=NCCCOCCOC)NCCc1sc(C)nc1C. The van der Waals surface area contributed by atoms with Crippen molar-refractivity contribution < 1.29 is 9.47 Å². The van der Waals surface area contributed by atoms with Gasteiger partial charge in [0.1, 0.15) is 0 Å². The summed E-state index contributed by atoms with van der Waals surface area (Å²) in [5, 5.41) is 7.77. The number of aromatic nitrogens is 1. The summed E-state index contributed by atoms with van der Waals surface area (Å²) >= 11 is 1.77. The zero-order valence-electron chi connectivity index (χ0n) is 14.8. The first-order valence-electron chi connectivity index (χ1n) is 8.19. The summed E-state index contributed by atoms with van der Waals surface area (Å²) in [4.78, 5) is 10.4. The average Bonchev–Trinajstić information content (AvgIpc) is 2.84.